The van der Waals surface area contributed by atoms with E-state index in [-0.39, 0.29) is 5.41 Å². The lowest BCUT2D eigenvalue weighted by Crippen LogP contribution is -2.31. The normalized spacial score (nSPS) is 13.4. The van der Waals surface area contributed by atoms with Crippen LogP contribution >= 0.6 is 0 Å². The van der Waals surface area contributed by atoms with Gasteiger partial charge in [-0.2, -0.15) is 0 Å². The fraction of sp³-hybridized carbons (Fsp3) is 0.286. The number of pyridine rings is 1. The van der Waals surface area contributed by atoms with Gasteiger partial charge in [0, 0.05) is 17.8 Å². The van der Waals surface area contributed by atoms with Gasteiger partial charge in [-0.15, -0.1) is 0 Å². The maximum absolute atomic E-state index is 5.74. The molecule has 25 heavy (non-hydrogen) atoms. The van der Waals surface area contributed by atoms with Gasteiger partial charge in [0.2, 0.25) is 0 Å². The molecule has 4 nitrogen and oxygen atoms in total. The van der Waals surface area contributed by atoms with Crippen molar-refractivity contribution in [2.75, 3.05) is 0 Å². The molecule has 0 spiro atoms. The van der Waals surface area contributed by atoms with Crippen LogP contribution in [0.4, 0.5) is 0 Å². The van der Waals surface area contributed by atoms with Crippen molar-refractivity contribution in [2.24, 2.45) is 5.92 Å². The summed E-state index contributed by atoms with van der Waals surface area (Å²) in [5.74, 6) is 1.78. The molecule has 0 aliphatic rings. The van der Waals surface area contributed by atoms with Crippen LogP contribution in [0.25, 0.3) is 0 Å². The van der Waals surface area contributed by atoms with E-state index in [2.05, 4.69) is 55.0 Å². The van der Waals surface area contributed by atoms with E-state index < -0.39 is 0 Å². The maximum atomic E-state index is 5.74. The summed E-state index contributed by atoms with van der Waals surface area (Å²) in [5.41, 5.74) is 2.16. The van der Waals surface area contributed by atoms with Crippen molar-refractivity contribution in [3.63, 3.8) is 0 Å². The molecule has 0 aliphatic heterocycles. The Kier molecular flexibility index (Phi) is 5.08. The van der Waals surface area contributed by atoms with Crippen molar-refractivity contribution >= 4 is 0 Å². The summed E-state index contributed by atoms with van der Waals surface area (Å²) in [5, 5.41) is 0. The molecule has 3 rings (SSSR count). The molecule has 0 radical (unpaired) electrons. The molecule has 3 aromatic rings. The second-order valence-electron chi connectivity index (χ2n) is 6.56. The maximum Gasteiger partial charge on any atom is 0.166 e. The number of hydrogen-bond acceptors (Lipinski definition) is 4. The second-order valence-corrected chi connectivity index (χ2v) is 6.56. The van der Waals surface area contributed by atoms with Gasteiger partial charge in [-0.3, -0.25) is 4.98 Å². The number of ether oxygens (including phenoxy) is 1. The van der Waals surface area contributed by atoms with Crippen molar-refractivity contribution < 1.29 is 4.74 Å². The van der Waals surface area contributed by atoms with Crippen LogP contribution in [0.5, 0.6) is 5.75 Å². The van der Waals surface area contributed by atoms with Gasteiger partial charge in [0.15, 0.2) is 5.82 Å². The van der Waals surface area contributed by atoms with Crippen LogP contribution in [0.3, 0.4) is 0 Å². The lowest BCUT2D eigenvalue weighted by atomic mass is 9.71. The molecule has 0 bridgehead atoms. The molecule has 128 valence electrons. The van der Waals surface area contributed by atoms with Crippen LogP contribution in [-0.4, -0.2) is 15.0 Å². The van der Waals surface area contributed by atoms with Gasteiger partial charge < -0.3 is 4.74 Å². The van der Waals surface area contributed by atoms with Crippen LogP contribution in [0.2, 0.25) is 0 Å². The van der Waals surface area contributed by atoms with Crippen molar-refractivity contribution in [3.05, 3.63) is 84.2 Å². The SMILES string of the molecule is CC(C)C(C)(c1ccccc1)c1ccc(OCc2ncccn2)cn1. The first-order chi connectivity index (χ1) is 12.1. The summed E-state index contributed by atoms with van der Waals surface area (Å²) < 4.78 is 5.74. The van der Waals surface area contributed by atoms with Gasteiger partial charge in [-0.25, -0.2) is 9.97 Å². The summed E-state index contributed by atoms with van der Waals surface area (Å²) in [6.45, 7) is 7.04. The van der Waals surface area contributed by atoms with Gasteiger partial charge >= 0.3 is 0 Å². The minimum atomic E-state index is -0.150. The first-order valence-corrected chi connectivity index (χ1v) is 8.51. The van der Waals surface area contributed by atoms with Crippen molar-refractivity contribution in [3.8, 4) is 5.75 Å². The predicted molar refractivity (Wildman–Crippen MR) is 98.3 cm³/mol. The van der Waals surface area contributed by atoms with Crippen LogP contribution in [0, 0.1) is 5.92 Å². The number of nitrogens with zero attached hydrogens (tertiary/aromatic N) is 3. The molecule has 2 heterocycles. The van der Waals surface area contributed by atoms with Crippen LogP contribution < -0.4 is 4.74 Å². The first kappa shape index (κ1) is 17.1. The summed E-state index contributed by atoms with van der Waals surface area (Å²) in [6.07, 6.45) is 5.20. The fourth-order valence-corrected chi connectivity index (χ4v) is 2.89. The van der Waals surface area contributed by atoms with E-state index in [0.29, 0.717) is 18.3 Å². The molecule has 1 atom stereocenters. The number of hydrogen-bond donors (Lipinski definition) is 0. The lowest BCUT2D eigenvalue weighted by molar-refractivity contribution is 0.293. The quantitative estimate of drug-likeness (QED) is 0.670. The second kappa shape index (κ2) is 7.43. The molecule has 0 saturated heterocycles. The Balaban J connectivity index is 1.80. The predicted octanol–water partition coefficient (Wildman–Crippen LogP) is 4.41. The van der Waals surface area contributed by atoms with E-state index in [1.807, 2.05) is 18.2 Å². The molecule has 0 N–H and O–H groups in total. The minimum Gasteiger partial charge on any atom is -0.484 e. The topological polar surface area (TPSA) is 47.9 Å². The zero-order valence-electron chi connectivity index (χ0n) is 14.9. The first-order valence-electron chi connectivity index (χ1n) is 8.51. The summed E-state index contributed by atoms with van der Waals surface area (Å²) in [6, 6.07) is 16.3. The zero-order chi connectivity index (χ0) is 17.7. The van der Waals surface area contributed by atoms with Crippen molar-refractivity contribution in [1.29, 1.82) is 0 Å². The molecule has 4 heteroatoms. The van der Waals surface area contributed by atoms with E-state index in [9.17, 15) is 0 Å². The Morgan fingerprint density at radius 3 is 2.24 bits per heavy atom. The van der Waals surface area contributed by atoms with Gasteiger partial charge in [-0.1, -0.05) is 44.2 Å². The van der Waals surface area contributed by atoms with E-state index >= 15 is 0 Å². The highest BCUT2D eigenvalue weighted by Crippen LogP contribution is 2.38. The molecule has 0 aliphatic carbocycles. The summed E-state index contributed by atoms with van der Waals surface area (Å²) >= 11 is 0. The van der Waals surface area contributed by atoms with Crippen LogP contribution in [-0.2, 0) is 12.0 Å². The van der Waals surface area contributed by atoms with Gasteiger partial charge in [0.05, 0.1) is 11.9 Å². The van der Waals surface area contributed by atoms with E-state index in [1.54, 1.807) is 24.7 Å². The Bertz CT molecular complexity index is 788. The lowest BCUT2D eigenvalue weighted by Gasteiger charge is -2.34. The molecule has 0 fully saturated rings. The van der Waals surface area contributed by atoms with Gasteiger partial charge in [0.25, 0.3) is 0 Å². The van der Waals surface area contributed by atoms with Crippen molar-refractivity contribution in [2.45, 2.75) is 32.8 Å². The third-order valence-electron chi connectivity index (χ3n) is 4.78. The van der Waals surface area contributed by atoms with Gasteiger partial charge in [0.1, 0.15) is 12.4 Å². The number of aromatic nitrogens is 3. The molecular formula is C21H23N3O. The van der Waals surface area contributed by atoms with Crippen molar-refractivity contribution in [1.82, 2.24) is 15.0 Å². The molecular weight excluding hydrogens is 310 g/mol. The van der Waals surface area contributed by atoms with Gasteiger partial charge in [-0.05, 0) is 36.6 Å². The average Bonchev–Trinajstić information content (AvgIpc) is 2.67. The monoisotopic (exact) mass is 333 g/mol. The van der Waals surface area contributed by atoms with E-state index in [0.717, 1.165) is 11.4 Å². The Morgan fingerprint density at radius 1 is 0.920 bits per heavy atom. The molecule has 1 aromatic carbocycles. The minimum absolute atomic E-state index is 0.150. The Morgan fingerprint density at radius 2 is 1.64 bits per heavy atom. The molecule has 0 saturated carbocycles. The third kappa shape index (κ3) is 3.68. The molecule has 1 unspecified atom stereocenters. The van der Waals surface area contributed by atoms with Crippen LogP contribution in [0.1, 0.15) is 37.9 Å². The highest BCUT2D eigenvalue weighted by molar-refractivity contribution is 5.37. The van der Waals surface area contributed by atoms with E-state index in [1.165, 1.54) is 5.56 Å². The summed E-state index contributed by atoms with van der Waals surface area (Å²) in [4.78, 5) is 13.0. The average molecular weight is 333 g/mol. The smallest absolute Gasteiger partial charge is 0.166 e. The zero-order valence-corrected chi connectivity index (χ0v) is 14.9. The van der Waals surface area contributed by atoms with Crippen LogP contribution in [0.15, 0.2) is 67.1 Å². The highest BCUT2D eigenvalue weighted by atomic mass is 16.5. The third-order valence-corrected chi connectivity index (χ3v) is 4.78. The summed E-state index contributed by atoms with van der Waals surface area (Å²) in [7, 11) is 0. The molecule has 0 amide bonds. The number of benzene rings is 1. The Hall–Kier alpha value is -2.75. The molecule has 2 aromatic heterocycles. The Labute approximate surface area is 149 Å². The standard InChI is InChI=1S/C21H23N3O/c1-16(2)21(3,17-8-5-4-6-9-17)19-11-10-18(14-24-19)25-15-20-22-12-7-13-23-20/h4-14,16H,15H2,1-3H3. The largest absolute Gasteiger partial charge is 0.484 e. The highest BCUT2D eigenvalue weighted by Gasteiger charge is 2.33. The fourth-order valence-electron chi connectivity index (χ4n) is 2.89. The number of rotatable bonds is 6. The van der Waals surface area contributed by atoms with E-state index in [4.69, 9.17) is 9.72 Å².